The van der Waals surface area contributed by atoms with E-state index in [2.05, 4.69) is 56.7 Å². The Kier molecular flexibility index (Phi) is 8.68. The number of rotatable bonds is 5. The van der Waals surface area contributed by atoms with E-state index in [9.17, 15) is 10.1 Å². The first-order chi connectivity index (χ1) is 20.3. The predicted octanol–water partition coefficient (Wildman–Crippen LogP) is 5.20. The van der Waals surface area contributed by atoms with Crippen LogP contribution in [0.15, 0.2) is 42.5 Å². The Morgan fingerprint density at radius 3 is 2.26 bits per heavy atom. The lowest BCUT2D eigenvalue weighted by atomic mass is 9.76. The van der Waals surface area contributed by atoms with Crippen LogP contribution in [0, 0.1) is 22.7 Å². The van der Waals surface area contributed by atoms with Crippen molar-refractivity contribution in [2.45, 2.75) is 45.1 Å². The second kappa shape index (κ2) is 12.4. The second-order valence-electron chi connectivity index (χ2n) is 13.3. The van der Waals surface area contributed by atoms with Crippen molar-refractivity contribution < 1.29 is 4.79 Å². The summed E-state index contributed by atoms with van der Waals surface area (Å²) in [5.74, 6) is 0.888. The molecule has 0 aromatic heterocycles. The molecule has 0 bridgehead atoms. The van der Waals surface area contributed by atoms with Crippen LogP contribution in [0.3, 0.4) is 0 Å². The summed E-state index contributed by atoms with van der Waals surface area (Å²) in [5.41, 5.74) is 3.98. The number of likely N-dealkylation sites (N-methyl/N-ethyl adjacent to an activating group) is 1. The van der Waals surface area contributed by atoms with Crippen molar-refractivity contribution in [1.82, 2.24) is 14.7 Å². The van der Waals surface area contributed by atoms with E-state index in [-0.39, 0.29) is 5.91 Å². The third kappa shape index (κ3) is 6.27. The maximum Gasteiger partial charge on any atom is 0.253 e. The van der Waals surface area contributed by atoms with Crippen LogP contribution in [-0.2, 0) is 0 Å². The molecule has 2 aromatic rings. The van der Waals surface area contributed by atoms with Crippen molar-refractivity contribution >= 4 is 28.9 Å². The first kappa shape index (κ1) is 29.3. The summed E-state index contributed by atoms with van der Waals surface area (Å²) < 4.78 is 0. The zero-order valence-electron chi connectivity index (χ0n) is 25.3. The highest BCUT2D eigenvalue weighted by Gasteiger charge is 2.44. The Balaban J connectivity index is 0.989. The molecule has 1 amide bonds. The minimum absolute atomic E-state index is 0.181. The molecule has 224 valence electrons. The summed E-state index contributed by atoms with van der Waals surface area (Å²) in [7, 11) is 2.21. The third-order valence-corrected chi connectivity index (χ3v) is 10.8. The van der Waals surface area contributed by atoms with Crippen LogP contribution in [0.1, 0.15) is 54.9 Å². The number of piperazine rings is 1. The molecule has 4 heterocycles. The molecule has 0 N–H and O–H groups in total. The Morgan fingerprint density at radius 2 is 1.62 bits per heavy atom. The highest BCUT2D eigenvalue weighted by atomic mass is 35.5. The van der Waals surface area contributed by atoms with E-state index in [0.29, 0.717) is 28.0 Å². The SMILES string of the molecule is C[C@H]1CC2(CCN(c3ccc(C(=O)N4CCC(CN5CCN(C)CC5)CC4)cc3)CC2)CN1c1ccc(C#N)c(Cl)c1. The number of amides is 1. The molecule has 8 heteroatoms. The molecule has 0 saturated carbocycles. The molecule has 2 aromatic carbocycles. The van der Waals surface area contributed by atoms with Gasteiger partial charge in [-0.1, -0.05) is 11.6 Å². The molecule has 0 aliphatic carbocycles. The zero-order valence-corrected chi connectivity index (χ0v) is 26.0. The number of carbonyl (C=O) groups excluding carboxylic acids is 1. The summed E-state index contributed by atoms with van der Waals surface area (Å²) in [6, 6.07) is 16.8. The molecule has 1 spiro atoms. The summed E-state index contributed by atoms with van der Waals surface area (Å²) >= 11 is 6.35. The van der Waals surface area contributed by atoms with Crippen molar-refractivity contribution in [3.63, 3.8) is 0 Å². The van der Waals surface area contributed by atoms with Crippen LogP contribution in [0.25, 0.3) is 0 Å². The van der Waals surface area contributed by atoms with Crippen LogP contribution >= 0.6 is 11.6 Å². The first-order valence-corrected chi connectivity index (χ1v) is 16.2. The van der Waals surface area contributed by atoms with Gasteiger partial charge in [0.1, 0.15) is 6.07 Å². The van der Waals surface area contributed by atoms with Crippen LogP contribution in [0.5, 0.6) is 0 Å². The van der Waals surface area contributed by atoms with Gasteiger partial charge in [0.25, 0.3) is 5.91 Å². The van der Waals surface area contributed by atoms with E-state index in [1.807, 2.05) is 30.3 Å². The van der Waals surface area contributed by atoms with Gasteiger partial charge >= 0.3 is 0 Å². The van der Waals surface area contributed by atoms with E-state index < -0.39 is 0 Å². The van der Waals surface area contributed by atoms with Crippen LogP contribution in [0.4, 0.5) is 11.4 Å². The average Bonchev–Trinajstić information content (AvgIpc) is 3.33. The minimum atomic E-state index is 0.181. The van der Waals surface area contributed by atoms with Gasteiger partial charge in [0.05, 0.1) is 10.6 Å². The monoisotopic (exact) mass is 588 g/mol. The van der Waals surface area contributed by atoms with Crippen LogP contribution < -0.4 is 9.80 Å². The van der Waals surface area contributed by atoms with Gasteiger partial charge in [-0.05, 0) is 99.9 Å². The maximum atomic E-state index is 13.3. The number of halogens is 1. The smallest absolute Gasteiger partial charge is 0.253 e. The van der Waals surface area contributed by atoms with Gasteiger partial charge in [-0.3, -0.25) is 4.79 Å². The molecular weight excluding hydrogens is 544 g/mol. The van der Waals surface area contributed by atoms with Crippen molar-refractivity contribution in [2.24, 2.45) is 11.3 Å². The number of anilines is 2. The summed E-state index contributed by atoms with van der Waals surface area (Å²) in [5, 5.41) is 9.77. The number of carbonyl (C=O) groups is 1. The van der Waals surface area contributed by atoms with Crippen molar-refractivity contribution in [2.75, 3.05) is 82.3 Å². The second-order valence-corrected chi connectivity index (χ2v) is 13.7. The largest absolute Gasteiger partial charge is 0.371 e. The van der Waals surface area contributed by atoms with Gasteiger partial charge < -0.3 is 24.5 Å². The third-order valence-electron chi connectivity index (χ3n) is 10.5. The number of hydrogen-bond acceptors (Lipinski definition) is 6. The summed E-state index contributed by atoms with van der Waals surface area (Å²) in [6.45, 7) is 13.0. The number of benzene rings is 2. The summed E-state index contributed by atoms with van der Waals surface area (Å²) in [6.07, 6.45) is 5.71. The lowest BCUT2D eigenvalue weighted by Gasteiger charge is -2.40. The van der Waals surface area contributed by atoms with Gasteiger partial charge in [0.15, 0.2) is 0 Å². The number of nitrogens with zero attached hydrogens (tertiary/aromatic N) is 6. The lowest BCUT2D eigenvalue weighted by molar-refractivity contribution is 0.0644. The van der Waals surface area contributed by atoms with Gasteiger partial charge in [-0.25, -0.2) is 0 Å². The Morgan fingerprint density at radius 1 is 0.952 bits per heavy atom. The number of hydrogen-bond donors (Lipinski definition) is 0. The van der Waals surface area contributed by atoms with Gasteiger partial charge in [0, 0.05) is 88.4 Å². The molecule has 4 fully saturated rings. The van der Waals surface area contributed by atoms with Crippen molar-refractivity contribution in [3.8, 4) is 6.07 Å². The molecule has 4 saturated heterocycles. The molecule has 0 radical (unpaired) electrons. The van der Waals surface area contributed by atoms with Crippen LogP contribution in [0.2, 0.25) is 5.02 Å². The lowest BCUT2D eigenvalue weighted by Crippen LogP contribution is -2.48. The van der Waals surface area contributed by atoms with E-state index in [1.165, 1.54) is 44.8 Å². The van der Waals surface area contributed by atoms with E-state index in [4.69, 9.17) is 11.6 Å². The van der Waals surface area contributed by atoms with E-state index in [0.717, 1.165) is 69.7 Å². The molecule has 0 unspecified atom stereocenters. The molecule has 42 heavy (non-hydrogen) atoms. The molecule has 4 aliphatic heterocycles. The predicted molar refractivity (Wildman–Crippen MR) is 170 cm³/mol. The fourth-order valence-electron chi connectivity index (χ4n) is 7.75. The van der Waals surface area contributed by atoms with E-state index in [1.54, 1.807) is 0 Å². The normalized spacial score (nSPS) is 23.9. The van der Waals surface area contributed by atoms with Crippen molar-refractivity contribution in [1.29, 1.82) is 5.26 Å². The number of piperidine rings is 2. The average molecular weight is 589 g/mol. The quantitative estimate of drug-likeness (QED) is 0.479. The Labute approximate surface area is 256 Å². The summed E-state index contributed by atoms with van der Waals surface area (Å²) in [4.78, 5) is 25.3. The van der Waals surface area contributed by atoms with Crippen molar-refractivity contribution in [3.05, 3.63) is 58.6 Å². The Hall–Kier alpha value is -2.79. The van der Waals surface area contributed by atoms with E-state index >= 15 is 0 Å². The molecule has 1 atom stereocenters. The molecule has 4 aliphatic rings. The number of nitriles is 1. The van der Waals surface area contributed by atoms with Gasteiger partial charge in [-0.2, -0.15) is 5.26 Å². The van der Waals surface area contributed by atoms with Crippen LogP contribution in [-0.4, -0.2) is 99.1 Å². The zero-order chi connectivity index (χ0) is 29.3. The number of likely N-dealkylation sites (tertiary alicyclic amines) is 1. The maximum absolute atomic E-state index is 13.3. The molecular formula is C34H45ClN6O. The molecule has 7 nitrogen and oxygen atoms in total. The minimum Gasteiger partial charge on any atom is -0.371 e. The van der Waals surface area contributed by atoms with Gasteiger partial charge in [-0.15, -0.1) is 0 Å². The van der Waals surface area contributed by atoms with Gasteiger partial charge in [0.2, 0.25) is 0 Å². The first-order valence-electron chi connectivity index (χ1n) is 15.8. The highest BCUT2D eigenvalue weighted by molar-refractivity contribution is 6.32. The fourth-order valence-corrected chi connectivity index (χ4v) is 7.97. The highest BCUT2D eigenvalue weighted by Crippen LogP contribution is 2.46. The fraction of sp³-hybridized carbons (Fsp3) is 0.588. The molecule has 6 rings (SSSR count). The topological polar surface area (TPSA) is 57.1 Å². The Bertz CT molecular complexity index is 1280. The standard InChI is InChI=1S/C34H45ClN6O/c1-26-22-34(25-41(26)31-8-5-29(23-36)32(35)21-31)11-15-39(16-12-34)30-6-3-28(4-7-30)33(42)40-13-9-27(10-14-40)24-38-19-17-37(2)18-20-38/h3-8,21,26-27H,9-20,22,24-25H2,1-2H3/t26-/m0/s1.